The zero-order valence-corrected chi connectivity index (χ0v) is 19.2. The summed E-state index contributed by atoms with van der Waals surface area (Å²) in [5.74, 6) is 1.84. The van der Waals surface area contributed by atoms with Gasteiger partial charge in [0.15, 0.2) is 9.84 Å². The number of rotatable bonds is 8. The summed E-state index contributed by atoms with van der Waals surface area (Å²) in [7, 11) is -1.82. The first-order chi connectivity index (χ1) is 15.4. The normalized spacial score (nSPS) is 15.7. The summed E-state index contributed by atoms with van der Waals surface area (Å²) in [6.07, 6.45) is 0. The maximum Gasteiger partial charge on any atom is 0.241 e. The zero-order valence-electron chi connectivity index (χ0n) is 18.4. The molecule has 4 rings (SSSR count). The smallest absolute Gasteiger partial charge is 0.241 e. The molecule has 0 amide bonds. The van der Waals surface area contributed by atoms with Crippen LogP contribution in [0.5, 0.6) is 5.75 Å². The fourth-order valence-corrected chi connectivity index (χ4v) is 5.09. The van der Waals surface area contributed by atoms with Gasteiger partial charge in [-0.25, -0.2) is 8.42 Å². The summed E-state index contributed by atoms with van der Waals surface area (Å²) in [5, 5.41) is 4.13. The van der Waals surface area contributed by atoms with Crippen LogP contribution in [0.15, 0.2) is 57.9 Å². The molecule has 0 aliphatic carbocycles. The van der Waals surface area contributed by atoms with Gasteiger partial charge in [0.1, 0.15) is 5.75 Å². The van der Waals surface area contributed by atoms with E-state index in [-0.39, 0.29) is 5.75 Å². The first-order valence-corrected chi connectivity index (χ1v) is 12.3. The quantitative estimate of drug-likeness (QED) is 0.511. The lowest BCUT2D eigenvalue weighted by Gasteiger charge is -2.33. The van der Waals surface area contributed by atoms with Crippen molar-refractivity contribution < 1.29 is 17.7 Å². The molecule has 1 aliphatic rings. The molecule has 8 nitrogen and oxygen atoms in total. The molecule has 170 valence electrons. The van der Waals surface area contributed by atoms with E-state index in [0.717, 1.165) is 37.3 Å². The van der Waals surface area contributed by atoms with Crippen LogP contribution >= 0.6 is 0 Å². The molecule has 1 aliphatic heterocycles. The van der Waals surface area contributed by atoms with Crippen molar-refractivity contribution in [1.82, 2.24) is 19.9 Å². The van der Waals surface area contributed by atoms with Gasteiger partial charge in [0.25, 0.3) is 0 Å². The fraction of sp³-hybridized carbons (Fsp3) is 0.391. The highest BCUT2D eigenvalue weighted by Gasteiger charge is 2.22. The molecule has 2 heterocycles. The number of benzene rings is 2. The Bertz CT molecular complexity index is 1150. The highest BCUT2D eigenvalue weighted by atomic mass is 32.2. The summed E-state index contributed by atoms with van der Waals surface area (Å²) in [4.78, 5) is 9.28. The molecule has 32 heavy (non-hydrogen) atoms. The van der Waals surface area contributed by atoms with Crippen LogP contribution in [0.3, 0.4) is 0 Å². The summed E-state index contributed by atoms with van der Waals surface area (Å²) in [5.41, 5.74) is 2.09. The van der Waals surface area contributed by atoms with E-state index in [4.69, 9.17) is 9.26 Å². The van der Waals surface area contributed by atoms with Gasteiger partial charge in [0, 0.05) is 38.3 Å². The average Bonchev–Trinajstić information content (AvgIpc) is 3.27. The largest absolute Gasteiger partial charge is 0.497 e. The van der Waals surface area contributed by atoms with Crippen molar-refractivity contribution in [3.8, 4) is 17.1 Å². The van der Waals surface area contributed by atoms with Crippen LogP contribution in [0.2, 0.25) is 0 Å². The Kier molecular flexibility index (Phi) is 6.88. The van der Waals surface area contributed by atoms with E-state index in [0.29, 0.717) is 35.4 Å². The first kappa shape index (κ1) is 22.4. The summed E-state index contributed by atoms with van der Waals surface area (Å²) < 4.78 is 35.9. The van der Waals surface area contributed by atoms with Gasteiger partial charge in [0.05, 0.1) is 24.3 Å². The lowest BCUT2D eigenvalue weighted by Crippen LogP contribution is -2.47. The van der Waals surface area contributed by atoms with Crippen molar-refractivity contribution in [3.63, 3.8) is 0 Å². The van der Waals surface area contributed by atoms with E-state index in [1.54, 1.807) is 24.3 Å². The number of hydrogen-bond donors (Lipinski definition) is 0. The van der Waals surface area contributed by atoms with Crippen molar-refractivity contribution >= 4 is 9.84 Å². The molecule has 0 bridgehead atoms. The molecule has 0 spiro atoms. The van der Waals surface area contributed by atoms with Gasteiger partial charge in [-0.1, -0.05) is 35.5 Å². The zero-order chi connectivity index (χ0) is 22.6. The Labute approximate surface area is 188 Å². The molecule has 0 unspecified atom stereocenters. The summed E-state index contributed by atoms with van der Waals surface area (Å²) in [6.45, 7) is 6.36. The average molecular weight is 457 g/mol. The second-order valence-corrected chi connectivity index (χ2v) is 10.1. The molecule has 9 heteroatoms. The van der Waals surface area contributed by atoms with Crippen LogP contribution in [0, 0.1) is 6.92 Å². The van der Waals surface area contributed by atoms with E-state index in [1.807, 2.05) is 31.2 Å². The van der Waals surface area contributed by atoms with E-state index < -0.39 is 9.84 Å². The number of aromatic nitrogens is 2. The van der Waals surface area contributed by atoms with Crippen LogP contribution in [0.1, 0.15) is 11.5 Å². The third-order valence-electron chi connectivity index (χ3n) is 5.75. The number of nitrogens with zero attached hydrogens (tertiary/aromatic N) is 4. The summed E-state index contributed by atoms with van der Waals surface area (Å²) >= 11 is 0. The third kappa shape index (κ3) is 5.35. The van der Waals surface area contributed by atoms with Crippen molar-refractivity contribution in [2.45, 2.75) is 18.4 Å². The van der Waals surface area contributed by atoms with Gasteiger partial charge in [-0.2, -0.15) is 4.98 Å². The van der Waals surface area contributed by atoms with Crippen LogP contribution in [-0.4, -0.2) is 73.9 Å². The van der Waals surface area contributed by atoms with E-state index in [1.165, 1.54) is 7.11 Å². The lowest BCUT2D eigenvalue weighted by molar-refractivity contribution is 0.121. The molecular weight excluding hydrogens is 428 g/mol. The number of sulfone groups is 1. The number of hydrogen-bond acceptors (Lipinski definition) is 8. The molecule has 0 N–H and O–H groups in total. The SMILES string of the molecule is COc1cccc(S(=O)(=O)CCN2CCN(Cc3nc(-c4ccccc4C)no3)CC2)c1. The van der Waals surface area contributed by atoms with Crippen molar-refractivity contribution in [2.24, 2.45) is 0 Å². The maximum absolute atomic E-state index is 12.7. The predicted octanol–water partition coefficient (Wildman–Crippen LogP) is 2.65. The molecule has 3 aromatic rings. The van der Waals surface area contributed by atoms with Crippen LogP contribution in [0.4, 0.5) is 0 Å². The molecule has 0 atom stereocenters. The molecule has 1 saturated heterocycles. The predicted molar refractivity (Wildman–Crippen MR) is 121 cm³/mol. The van der Waals surface area contributed by atoms with Crippen LogP contribution in [0.25, 0.3) is 11.4 Å². The fourth-order valence-electron chi connectivity index (χ4n) is 3.78. The first-order valence-electron chi connectivity index (χ1n) is 10.6. The molecule has 0 radical (unpaired) electrons. The van der Waals surface area contributed by atoms with Gasteiger partial charge in [-0.15, -0.1) is 0 Å². The lowest BCUT2D eigenvalue weighted by atomic mass is 10.1. The highest BCUT2D eigenvalue weighted by molar-refractivity contribution is 7.91. The molecule has 2 aromatic carbocycles. The highest BCUT2D eigenvalue weighted by Crippen LogP contribution is 2.21. The van der Waals surface area contributed by atoms with Gasteiger partial charge >= 0.3 is 0 Å². The minimum absolute atomic E-state index is 0.0869. The summed E-state index contributed by atoms with van der Waals surface area (Å²) in [6, 6.07) is 14.6. The molecule has 1 aromatic heterocycles. The maximum atomic E-state index is 12.7. The van der Waals surface area contributed by atoms with Gasteiger partial charge in [-0.05, 0) is 30.7 Å². The minimum Gasteiger partial charge on any atom is -0.497 e. The Morgan fingerprint density at radius 1 is 1.03 bits per heavy atom. The van der Waals surface area contributed by atoms with Gasteiger partial charge in [0.2, 0.25) is 11.7 Å². The molecule has 1 fully saturated rings. The molecule has 0 saturated carbocycles. The van der Waals surface area contributed by atoms with Gasteiger partial charge in [-0.3, -0.25) is 9.80 Å². The second-order valence-electron chi connectivity index (χ2n) is 7.94. The number of aryl methyl sites for hydroxylation is 1. The van der Waals surface area contributed by atoms with Gasteiger partial charge < -0.3 is 9.26 Å². The van der Waals surface area contributed by atoms with E-state index in [2.05, 4.69) is 19.9 Å². The standard InChI is InChI=1S/C23H28N4O4S/c1-18-6-3-4-9-21(18)23-24-22(31-25-23)17-27-12-10-26(11-13-27)14-15-32(28,29)20-8-5-7-19(16-20)30-2/h3-9,16H,10-15,17H2,1-2H3. The van der Waals surface area contributed by atoms with Crippen molar-refractivity contribution in [3.05, 3.63) is 60.0 Å². The molecular formula is C23H28N4O4S. The van der Waals surface area contributed by atoms with E-state index in [9.17, 15) is 8.42 Å². The number of ether oxygens (including phenoxy) is 1. The number of methoxy groups -OCH3 is 1. The topological polar surface area (TPSA) is 88.8 Å². The Morgan fingerprint density at radius 3 is 2.53 bits per heavy atom. The Balaban J connectivity index is 1.27. The van der Waals surface area contributed by atoms with E-state index >= 15 is 0 Å². The van der Waals surface area contributed by atoms with Crippen LogP contribution < -0.4 is 4.74 Å². The Hall–Kier alpha value is -2.75. The number of piperazine rings is 1. The van der Waals surface area contributed by atoms with Crippen molar-refractivity contribution in [1.29, 1.82) is 0 Å². The van der Waals surface area contributed by atoms with Crippen molar-refractivity contribution in [2.75, 3.05) is 45.6 Å². The van der Waals surface area contributed by atoms with Crippen LogP contribution in [-0.2, 0) is 16.4 Å². The Morgan fingerprint density at radius 2 is 1.78 bits per heavy atom. The monoisotopic (exact) mass is 456 g/mol. The third-order valence-corrected chi connectivity index (χ3v) is 7.45. The minimum atomic E-state index is -3.35. The second kappa shape index (κ2) is 9.81.